The summed E-state index contributed by atoms with van der Waals surface area (Å²) in [6, 6.07) is 12.8. The largest absolute Gasteiger partial charge is 0.431 e. The third-order valence-corrected chi connectivity index (χ3v) is 5.40. The SMILES string of the molecule is CC(=O)CC(=O)OP(C(=O)c1c(C)cc(C)cc1C)c1ccccc1. The summed E-state index contributed by atoms with van der Waals surface area (Å²) in [5, 5.41) is 0.652. The zero-order valence-electron chi connectivity index (χ0n) is 14.8. The van der Waals surface area contributed by atoms with Crippen LogP contribution < -0.4 is 5.30 Å². The van der Waals surface area contributed by atoms with Crippen molar-refractivity contribution in [1.29, 1.82) is 0 Å². The molecule has 0 amide bonds. The average molecular weight is 356 g/mol. The zero-order valence-corrected chi connectivity index (χ0v) is 15.7. The van der Waals surface area contributed by atoms with E-state index in [-0.39, 0.29) is 17.7 Å². The monoisotopic (exact) mass is 356 g/mol. The Morgan fingerprint density at radius 3 is 2.04 bits per heavy atom. The van der Waals surface area contributed by atoms with Gasteiger partial charge in [-0.2, -0.15) is 0 Å². The third-order valence-electron chi connectivity index (χ3n) is 3.65. The number of carbonyl (C=O) groups excluding carboxylic acids is 3. The Morgan fingerprint density at radius 1 is 0.960 bits per heavy atom. The molecular weight excluding hydrogens is 335 g/mol. The second-order valence-electron chi connectivity index (χ2n) is 6.05. The first kappa shape index (κ1) is 19.0. The summed E-state index contributed by atoms with van der Waals surface area (Å²) < 4.78 is 5.46. The number of rotatable bonds is 6. The van der Waals surface area contributed by atoms with E-state index in [4.69, 9.17) is 4.52 Å². The van der Waals surface area contributed by atoms with Crippen molar-refractivity contribution < 1.29 is 18.9 Å². The molecule has 2 rings (SSSR count). The van der Waals surface area contributed by atoms with Crippen LogP contribution in [0.25, 0.3) is 0 Å². The number of carbonyl (C=O) groups is 3. The Kier molecular flexibility index (Phi) is 6.22. The lowest BCUT2D eigenvalue weighted by Gasteiger charge is -2.19. The predicted molar refractivity (Wildman–Crippen MR) is 99.4 cm³/mol. The molecule has 0 saturated carbocycles. The van der Waals surface area contributed by atoms with Crippen LogP contribution in [0.3, 0.4) is 0 Å². The second-order valence-corrected chi connectivity index (χ2v) is 7.74. The molecule has 1 unspecified atom stereocenters. The Hall–Kier alpha value is -2.32. The lowest BCUT2D eigenvalue weighted by atomic mass is 10.0. The molecule has 1 atom stereocenters. The number of hydrogen-bond acceptors (Lipinski definition) is 4. The van der Waals surface area contributed by atoms with Gasteiger partial charge in [0.25, 0.3) is 0 Å². The molecule has 0 heterocycles. The summed E-state index contributed by atoms with van der Waals surface area (Å²) in [4.78, 5) is 36.4. The molecule has 0 radical (unpaired) electrons. The second kappa shape index (κ2) is 8.17. The first-order chi connectivity index (χ1) is 11.8. The van der Waals surface area contributed by atoms with E-state index in [0.29, 0.717) is 10.9 Å². The lowest BCUT2D eigenvalue weighted by molar-refractivity contribution is -0.136. The number of benzene rings is 2. The minimum atomic E-state index is -1.85. The van der Waals surface area contributed by atoms with Gasteiger partial charge in [0.05, 0.1) is 0 Å². The van der Waals surface area contributed by atoms with Gasteiger partial charge in [0.1, 0.15) is 12.2 Å². The van der Waals surface area contributed by atoms with Crippen LogP contribution in [-0.2, 0) is 14.1 Å². The topological polar surface area (TPSA) is 60.4 Å². The van der Waals surface area contributed by atoms with Crippen molar-refractivity contribution in [3.05, 3.63) is 64.7 Å². The molecule has 0 N–H and O–H groups in total. The summed E-state index contributed by atoms with van der Waals surface area (Å²) >= 11 is 0. The van der Waals surface area contributed by atoms with E-state index in [9.17, 15) is 14.4 Å². The minimum absolute atomic E-state index is 0.215. The van der Waals surface area contributed by atoms with Crippen LogP contribution in [0, 0.1) is 20.8 Å². The van der Waals surface area contributed by atoms with E-state index in [2.05, 4.69) is 0 Å². The fourth-order valence-electron chi connectivity index (χ4n) is 2.73. The highest BCUT2D eigenvalue weighted by Gasteiger charge is 2.29. The molecule has 0 fully saturated rings. The maximum Gasteiger partial charge on any atom is 0.316 e. The predicted octanol–water partition coefficient (Wildman–Crippen LogP) is 4.00. The maximum absolute atomic E-state index is 13.2. The molecule has 130 valence electrons. The standard InChI is InChI=1S/C20H21O4P/c1-13-10-14(2)19(15(3)11-13)20(23)25(17-8-6-5-7-9-17)24-18(22)12-16(4)21/h5-11H,12H2,1-4H3. The Morgan fingerprint density at radius 2 is 1.52 bits per heavy atom. The van der Waals surface area contributed by atoms with Crippen molar-refractivity contribution in [1.82, 2.24) is 0 Å². The van der Waals surface area contributed by atoms with E-state index >= 15 is 0 Å². The lowest BCUT2D eigenvalue weighted by Crippen LogP contribution is -2.17. The van der Waals surface area contributed by atoms with Gasteiger partial charge in [-0.15, -0.1) is 0 Å². The summed E-state index contributed by atoms with van der Waals surface area (Å²) in [5.74, 6) is -0.957. The van der Waals surface area contributed by atoms with Crippen LogP contribution in [0.15, 0.2) is 42.5 Å². The van der Waals surface area contributed by atoms with Gasteiger partial charge < -0.3 is 4.52 Å². The smallest absolute Gasteiger partial charge is 0.316 e. The highest BCUT2D eigenvalue weighted by atomic mass is 31.1. The van der Waals surface area contributed by atoms with Crippen LogP contribution in [0.2, 0.25) is 0 Å². The highest BCUT2D eigenvalue weighted by Crippen LogP contribution is 2.42. The van der Waals surface area contributed by atoms with E-state index < -0.39 is 14.1 Å². The molecule has 0 aliphatic carbocycles. The molecule has 5 heteroatoms. The van der Waals surface area contributed by atoms with Gasteiger partial charge in [-0.1, -0.05) is 48.0 Å². The van der Waals surface area contributed by atoms with Gasteiger partial charge in [-0.3, -0.25) is 14.4 Å². The molecule has 25 heavy (non-hydrogen) atoms. The van der Waals surface area contributed by atoms with Gasteiger partial charge in [-0.05, 0) is 38.8 Å². The Labute approximate surface area is 149 Å². The van der Waals surface area contributed by atoms with E-state index in [0.717, 1.165) is 16.7 Å². The molecule has 0 bridgehead atoms. The number of aryl methyl sites for hydroxylation is 3. The van der Waals surface area contributed by atoms with Crippen molar-refractivity contribution in [2.24, 2.45) is 0 Å². The van der Waals surface area contributed by atoms with Crippen LogP contribution in [0.1, 0.15) is 40.4 Å². The van der Waals surface area contributed by atoms with Crippen molar-refractivity contribution in [3.63, 3.8) is 0 Å². The van der Waals surface area contributed by atoms with Crippen molar-refractivity contribution in [3.8, 4) is 0 Å². The summed E-state index contributed by atoms with van der Waals surface area (Å²) in [6.07, 6.45) is -0.329. The Balaban J connectivity index is 2.43. The summed E-state index contributed by atoms with van der Waals surface area (Å²) in [6.45, 7) is 7.05. The molecule has 0 aliphatic rings. The van der Waals surface area contributed by atoms with Crippen molar-refractivity contribution in [2.75, 3.05) is 0 Å². The quantitative estimate of drug-likeness (QED) is 0.580. The molecule has 4 nitrogen and oxygen atoms in total. The molecule has 0 saturated heterocycles. The zero-order chi connectivity index (χ0) is 18.6. The van der Waals surface area contributed by atoms with Crippen molar-refractivity contribution in [2.45, 2.75) is 34.1 Å². The van der Waals surface area contributed by atoms with Gasteiger partial charge >= 0.3 is 5.97 Å². The Bertz CT molecular complexity index is 789. The van der Waals surface area contributed by atoms with Crippen LogP contribution in [0.4, 0.5) is 0 Å². The fourth-order valence-corrected chi connectivity index (χ4v) is 4.42. The normalized spacial score (nSPS) is 11.7. The summed E-state index contributed by atoms with van der Waals surface area (Å²) in [7, 11) is -1.85. The van der Waals surface area contributed by atoms with E-state index in [1.54, 1.807) is 24.3 Å². The molecule has 0 aromatic heterocycles. The highest BCUT2D eigenvalue weighted by molar-refractivity contribution is 7.78. The number of hydrogen-bond donors (Lipinski definition) is 0. The van der Waals surface area contributed by atoms with Gasteiger partial charge in [-0.25, -0.2) is 0 Å². The first-order valence-corrected chi connectivity index (χ1v) is 9.23. The van der Waals surface area contributed by atoms with Crippen LogP contribution in [0.5, 0.6) is 0 Å². The summed E-state index contributed by atoms with van der Waals surface area (Å²) in [5.41, 5.74) is 3.15. The average Bonchev–Trinajstić information content (AvgIpc) is 2.51. The van der Waals surface area contributed by atoms with Crippen molar-refractivity contribution >= 4 is 30.7 Å². The molecule has 0 spiro atoms. The van der Waals surface area contributed by atoms with Crippen LogP contribution in [-0.4, -0.2) is 17.3 Å². The molecule has 2 aromatic carbocycles. The maximum atomic E-state index is 13.2. The first-order valence-electron chi connectivity index (χ1n) is 7.97. The van der Waals surface area contributed by atoms with E-state index in [1.165, 1.54) is 6.92 Å². The fraction of sp³-hybridized carbons (Fsp3) is 0.250. The third kappa shape index (κ3) is 4.83. The molecule has 0 aliphatic heterocycles. The number of Topliss-reactive ketones (excluding diaryl/α,β-unsaturated/α-hetero) is 1. The number of ketones is 1. The van der Waals surface area contributed by atoms with Gasteiger partial charge in [0, 0.05) is 10.9 Å². The molecule has 2 aromatic rings. The minimum Gasteiger partial charge on any atom is -0.431 e. The van der Waals surface area contributed by atoms with E-state index in [1.807, 2.05) is 39.0 Å². The van der Waals surface area contributed by atoms with Gasteiger partial charge in [0.15, 0.2) is 8.15 Å². The van der Waals surface area contributed by atoms with Crippen LogP contribution >= 0.6 is 8.15 Å². The van der Waals surface area contributed by atoms with Gasteiger partial charge in [0.2, 0.25) is 5.52 Å². The molecular formula is C20H21O4P.